The number of hydrogen-bond donors (Lipinski definition) is 4. The van der Waals surface area contributed by atoms with Gasteiger partial charge in [-0.1, -0.05) is 26.0 Å². The lowest BCUT2D eigenvalue weighted by Crippen LogP contribution is -2.37. The molecule has 1 heterocycles. The van der Waals surface area contributed by atoms with Gasteiger partial charge in [0.15, 0.2) is 0 Å². The van der Waals surface area contributed by atoms with Crippen molar-refractivity contribution >= 4 is 34.2 Å². The number of carbonyl (C=O) groups excluding carboxylic acids is 2. The minimum atomic E-state index is -0.674. The highest BCUT2D eigenvalue weighted by atomic mass is 16.5. The van der Waals surface area contributed by atoms with Gasteiger partial charge in [0.1, 0.15) is 5.69 Å². The number of benzene rings is 2. The predicted molar refractivity (Wildman–Crippen MR) is 129 cm³/mol. The van der Waals surface area contributed by atoms with Crippen molar-refractivity contribution in [3.05, 3.63) is 59.8 Å². The van der Waals surface area contributed by atoms with Gasteiger partial charge in [0, 0.05) is 28.8 Å². The fourth-order valence-corrected chi connectivity index (χ4v) is 3.37. The summed E-state index contributed by atoms with van der Waals surface area (Å²) in [5.74, 6) is -0.00190. The summed E-state index contributed by atoms with van der Waals surface area (Å²) in [6.07, 6.45) is 1.56. The maximum absolute atomic E-state index is 12.6. The fourth-order valence-electron chi connectivity index (χ4n) is 3.37. The molecule has 2 aromatic carbocycles. The van der Waals surface area contributed by atoms with Crippen molar-refractivity contribution in [2.45, 2.75) is 39.7 Å². The Hall–Kier alpha value is -3.32. The summed E-state index contributed by atoms with van der Waals surface area (Å²) < 4.78 is 5.02. The number of aromatic nitrogens is 1. The Morgan fingerprint density at radius 1 is 1.06 bits per heavy atom. The van der Waals surface area contributed by atoms with Crippen molar-refractivity contribution in [2.75, 3.05) is 23.8 Å². The molecule has 1 amide bonds. The lowest BCUT2D eigenvalue weighted by atomic mass is 10.1. The van der Waals surface area contributed by atoms with Crippen LogP contribution < -0.4 is 16.4 Å². The maximum Gasteiger partial charge on any atom is 0.354 e. The Balaban J connectivity index is 1.56. The molecule has 0 saturated carbocycles. The number of amides is 1. The van der Waals surface area contributed by atoms with E-state index in [1.165, 1.54) is 0 Å². The molecule has 7 heteroatoms. The first-order chi connectivity index (χ1) is 15.4. The van der Waals surface area contributed by atoms with Crippen molar-refractivity contribution in [2.24, 2.45) is 11.7 Å². The smallest absolute Gasteiger partial charge is 0.354 e. The lowest BCUT2D eigenvalue weighted by Gasteiger charge is -2.13. The van der Waals surface area contributed by atoms with Crippen molar-refractivity contribution in [3.8, 4) is 0 Å². The minimum absolute atomic E-state index is 0.260. The topological polar surface area (TPSA) is 109 Å². The molecule has 0 aliphatic heterocycles. The number of anilines is 2. The van der Waals surface area contributed by atoms with Crippen LogP contribution in [0.2, 0.25) is 0 Å². The first-order valence-electron chi connectivity index (χ1n) is 11.0. The average Bonchev–Trinajstić information content (AvgIpc) is 3.18. The van der Waals surface area contributed by atoms with Crippen LogP contribution in [0.25, 0.3) is 10.9 Å². The third-order valence-electron chi connectivity index (χ3n) is 5.18. The van der Waals surface area contributed by atoms with E-state index in [1.807, 2.05) is 30.3 Å². The molecule has 3 rings (SSSR count). The number of rotatable bonds is 10. The number of hydrogen-bond acceptors (Lipinski definition) is 5. The molecule has 0 bridgehead atoms. The molecule has 1 atom stereocenters. The molecule has 1 unspecified atom stereocenters. The second-order valence-corrected chi connectivity index (χ2v) is 8.31. The van der Waals surface area contributed by atoms with Gasteiger partial charge in [0.25, 0.3) is 0 Å². The van der Waals surface area contributed by atoms with Gasteiger partial charge in [0.05, 0.1) is 12.6 Å². The van der Waals surface area contributed by atoms with Crippen LogP contribution in [-0.2, 0) is 16.0 Å². The van der Waals surface area contributed by atoms with E-state index in [0.29, 0.717) is 30.3 Å². The third-order valence-corrected chi connectivity index (χ3v) is 5.18. The van der Waals surface area contributed by atoms with Crippen molar-refractivity contribution in [1.82, 2.24) is 4.98 Å². The molecule has 1 aromatic heterocycles. The van der Waals surface area contributed by atoms with E-state index in [2.05, 4.69) is 29.5 Å². The van der Waals surface area contributed by atoms with Gasteiger partial charge >= 0.3 is 5.97 Å². The van der Waals surface area contributed by atoms with Crippen LogP contribution in [0, 0.1) is 5.92 Å². The summed E-state index contributed by atoms with van der Waals surface area (Å²) in [7, 11) is 0. The predicted octanol–water partition coefficient (Wildman–Crippen LogP) is 4.31. The largest absolute Gasteiger partial charge is 0.461 e. The minimum Gasteiger partial charge on any atom is -0.461 e. The SMILES string of the molecule is CCOC(=O)c1cc2cc(NC(=O)C(N)Cc3ccc(NCCC(C)C)cc3)ccc2[nH]1. The number of nitrogens with two attached hydrogens (primary N) is 1. The highest BCUT2D eigenvalue weighted by Gasteiger charge is 2.16. The molecule has 0 aliphatic carbocycles. The van der Waals surface area contributed by atoms with Crippen molar-refractivity contribution in [3.63, 3.8) is 0 Å². The first-order valence-corrected chi connectivity index (χ1v) is 11.0. The molecule has 0 saturated heterocycles. The summed E-state index contributed by atoms with van der Waals surface area (Å²) in [6.45, 7) is 7.41. The van der Waals surface area contributed by atoms with E-state index in [-0.39, 0.29) is 5.91 Å². The first kappa shape index (κ1) is 23.3. The summed E-state index contributed by atoms with van der Waals surface area (Å²) in [6, 6.07) is 14.4. The molecule has 7 nitrogen and oxygen atoms in total. The highest BCUT2D eigenvalue weighted by molar-refractivity contribution is 5.99. The molecule has 0 aliphatic rings. The molecule has 0 fully saturated rings. The number of ether oxygens (including phenoxy) is 1. The summed E-state index contributed by atoms with van der Waals surface area (Å²) in [5, 5.41) is 7.07. The van der Waals surface area contributed by atoms with Crippen LogP contribution >= 0.6 is 0 Å². The quantitative estimate of drug-likeness (QED) is 0.354. The van der Waals surface area contributed by atoms with E-state index in [1.54, 1.807) is 25.1 Å². The Labute approximate surface area is 188 Å². The summed E-state index contributed by atoms with van der Waals surface area (Å²) in [5.41, 5.74) is 10.0. The number of carbonyl (C=O) groups is 2. The van der Waals surface area contributed by atoms with Gasteiger partial charge in [-0.3, -0.25) is 4.79 Å². The van der Waals surface area contributed by atoms with Crippen LogP contribution in [0.1, 0.15) is 43.2 Å². The Bertz CT molecular complexity index is 1060. The van der Waals surface area contributed by atoms with Crippen LogP contribution in [0.4, 0.5) is 11.4 Å². The fraction of sp³-hybridized carbons (Fsp3) is 0.360. The van der Waals surface area contributed by atoms with Crippen LogP contribution in [0.15, 0.2) is 48.5 Å². The lowest BCUT2D eigenvalue weighted by molar-refractivity contribution is -0.117. The Kier molecular flexibility index (Phi) is 7.89. The van der Waals surface area contributed by atoms with Gasteiger partial charge in [-0.25, -0.2) is 4.79 Å². The normalized spacial score (nSPS) is 12.0. The van der Waals surface area contributed by atoms with Gasteiger partial charge in [-0.05, 0) is 67.6 Å². The zero-order chi connectivity index (χ0) is 23.1. The number of H-pyrrole nitrogens is 1. The number of aromatic amines is 1. The molecule has 0 spiro atoms. The monoisotopic (exact) mass is 436 g/mol. The number of esters is 1. The summed E-state index contributed by atoms with van der Waals surface area (Å²) >= 11 is 0. The molecule has 3 aromatic rings. The van der Waals surface area contributed by atoms with E-state index in [0.717, 1.165) is 35.1 Å². The molecule has 170 valence electrons. The zero-order valence-corrected chi connectivity index (χ0v) is 18.9. The van der Waals surface area contributed by atoms with Crippen molar-refractivity contribution in [1.29, 1.82) is 0 Å². The second-order valence-electron chi connectivity index (χ2n) is 8.31. The second kappa shape index (κ2) is 10.8. The molecular weight excluding hydrogens is 404 g/mol. The summed E-state index contributed by atoms with van der Waals surface area (Å²) in [4.78, 5) is 27.5. The van der Waals surface area contributed by atoms with Crippen molar-refractivity contribution < 1.29 is 14.3 Å². The van der Waals surface area contributed by atoms with Gasteiger partial charge in [-0.15, -0.1) is 0 Å². The van der Waals surface area contributed by atoms with Crippen LogP contribution in [0.3, 0.4) is 0 Å². The highest BCUT2D eigenvalue weighted by Crippen LogP contribution is 2.21. The van der Waals surface area contributed by atoms with E-state index in [4.69, 9.17) is 10.5 Å². The Morgan fingerprint density at radius 3 is 2.47 bits per heavy atom. The maximum atomic E-state index is 12.6. The molecule has 5 N–H and O–H groups in total. The molecule has 32 heavy (non-hydrogen) atoms. The van der Waals surface area contributed by atoms with E-state index < -0.39 is 12.0 Å². The standard InChI is InChI=1S/C25H32N4O3/c1-4-32-25(31)23-15-18-14-20(9-10-22(18)29-23)28-24(30)21(26)13-17-5-7-19(8-6-17)27-12-11-16(2)3/h5-10,14-16,21,27,29H,4,11-13,26H2,1-3H3,(H,28,30). The van der Waals surface area contributed by atoms with Gasteiger partial charge in [0.2, 0.25) is 5.91 Å². The molecule has 0 radical (unpaired) electrons. The van der Waals surface area contributed by atoms with E-state index in [9.17, 15) is 9.59 Å². The van der Waals surface area contributed by atoms with Crippen LogP contribution in [0.5, 0.6) is 0 Å². The number of fused-ring (bicyclic) bond motifs is 1. The Morgan fingerprint density at radius 2 is 1.78 bits per heavy atom. The zero-order valence-electron chi connectivity index (χ0n) is 18.9. The third kappa shape index (κ3) is 6.34. The van der Waals surface area contributed by atoms with Gasteiger partial charge < -0.3 is 26.1 Å². The average molecular weight is 437 g/mol. The van der Waals surface area contributed by atoms with E-state index >= 15 is 0 Å². The van der Waals surface area contributed by atoms with Gasteiger partial charge in [-0.2, -0.15) is 0 Å². The number of nitrogens with one attached hydrogen (secondary N) is 3. The molecular formula is C25H32N4O3. The van der Waals surface area contributed by atoms with Crippen LogP contribution in [-0.4, -0.2) is 36.1 Å².